The molecule has 0 saturated carbocycles. The summed E-state index contributed by atoms with van der Waals surface area (Å²) in [4.78, 5) is 22.1. The molecule has 0 atom stereocenters. The molecular formula is C8H10O4. The maximum Gasteiger partial charge on any atom is 0.345 e. The second kappa shape index (κ2) is 3.38. The molecule has 0 aromatic heterocycles. The van der Waals surface area contributed by atoms with Crippen molar-refractivity contribution in [3.05, 3.63) is 11.3 Å². The van der Waals surface area contributed by atoms with Gasteiger partial charge in [0.2, 0.25) is 0 Å². The highest BCUT2D eigenvalue weighted by molar-refractivity contribution is 6.18. The lowest BCUT2D eigenvalue weighted by Crippen LogP contribution is -2.09. The Balaban J connectivity index is 2.95. The van der Waals surface area contributed by atoms with Crippen LogP contribution in [0.2, 0.25) is 0 Å². The van der Waals surface area contributed by atoms with E-state index in [4.69, 9.17) is 4.74 Å². The van der Waals surface area contributed by atoms with E-state index in [0.717, 1.165) is 0 Å². The lowest BCUT2D eigenvalue weighted by Gasteiger charge is -1.97. The normalized spacial score (nSPS) is 16.3. The van der Waals surface area contributed by atoms with Gasteiger partial charge in [-0.05, 0) is 0 Å². The lowest BCUT2D eigenvalue weighted by atomic mass is 10.1. The number of hydrogen-bond acceptors (Lipinski definition) is 4. The van der Waals surface area contributed by atoms with Gasteiger partial charge in [-0.3, -0.25) is 4.79 Å². The summed E-state index contributed by atoms with van der Waals surface area (Å²) in [6.45, 7) is 1.77. The molecule has 0 saturated heterocycles. The molecule has 4 nitrogen and oxygen atoms in total. The maximum atomic E-state index is 11.2. The minimum atomic E-state index is -0.571. The summed E-state index contributed by atoms with van der Waals surface area (Å²) in [6.07, 6.45) is 0.289. The number of carbonyl (C=O) groups is 2. The van der Waals surface area contributed by atoms with E-state index in [1.165, 1.54) is 7.11 Å². The van der Waals surface area contributed by atoms with Crippen LogP contribution in [0.4, 0.5) is 0 Å². The second-order valence-corrected chi connectivity index (χ2v) is 2.36. The van der Waals surface area contributed by atoms with Crippen molar-refractivity contribution in [2.45, 2.75) is 13.3 Å². The SMILES string of the molecule is CCC(=O)C1=C(OC)COC1=O. The van der Waals surface area contributed by atoms with Gasteiger partial charge in [-0.1, -0.05) is 6.92 Å². The molecule has 1 aliphatic heterocycles. The molecule has 0 fully saturated rings. The number of Topliss-reactive ketones (excluding diaryl/α,β-unsaturated/α-hetero) is 1. The largest absolute Gasteiger partial charge is 0.496 e. The van der Waals surface area contributed by atoms with Gasteiger partial charge >= 0.3 is 5.97 Å². The first-order chi connectivity index (χ1) is 5.70. The van der Waals surface area contributed by atoms with Gasteiger partial charge in [-0.25, -0.2) is 4.79 Å². The van der Waals surface area contributed by atoms with Crippen LogP contribution < -0.4 is 0 Å². The van der Waals surface area contributed by atoms with E-state index in [-0.39, 0.29) is 24.4 Å². The molecule has 1 aliphatic rings. The smallest absolute Gasteiger partial charge is 0.345 e. The summed E-state index contributed by atoms with van der Waals surface area (Å²) < 4.78 is 9.46. The molecule has 1 heterocycles. The predicted molar refractivity (Wildman–Crippen MR) is 40.3 cm³/mol. The molecule has 0 aromatic rings. The first kappa shape index (κ1) is 8.77. The van der Waals surface area contributed by atoms with Crippen LogP contribution in [0.3, 0.4) is 0 Å². The number of cyclic esters (lactones) is 1. The van der Waals surface area contributed by atoms with Crippen molar-refractivity contribution in [2.75, 3.05) is 13.7 Å². The van der Waals surface area contributed by atoms with E-state index >= 15 is 0 Å². The third-order valence-corrected chi connectivity index (χ3v) is 1.66. The highest BCUT2D eigenvalue weighted by Gasteiger charge is 2.30. The molecule has 0 aromatic carbocycles. The molecule has 0 bridgehead atoms. The number of ketones is 1. The van der Waals surface area contributed by atoms with Crippen molar-refractivity contribution >= 4 is 11.8 Å². The number of esters is 1. The molecule has 0 unspecified atom stereocenters. The molecule has 0 N–H and O–H groups in total. The monoisotopic (exact) mass is 170 g/mol. The average Bonchev–Trinajstić information content (AvgIpc) is 2.45. The summed E-state index contributed by atoms with van der Waals surface area (Å²) in [7, 11) is 1.42. The van der Waals surface area contributed by atoms with E-state index < -0.39 is 5.97 Å². The zero-order chi connectivity index (χ0) is 9.14. The highest BCUT2D eigenvalue weighted by Crippen LogP contribution is 2.17. The van der Waals surface area contributed by atoms with E-state index in [1.54, 1.807) is 6.92 Å². The topological polar surface area (TPSA) is 52.6 Å². The maximum absolute atomic E-state index is 11.2. The quantitative estimate of drug-likeness (QED) is 0.455. The van der Waals surface area contributed by atoms with E-state index in [1.807, 2.05) is 0 Å². The first-order valence-corrected chi connectivity index (χ1v) is 3.68. The number of ether oxygens (including phenoxy) is 2. The van der Waals surface area contributed by atoms with Crippen molar-refractivity contribution in [1.82, 2.24) is 0 Å². The van der Waals surface area contributed by atoms with Crippen LogP contribution in [0.25, 0.3) is 0 Å². The fourth-order valence-electron chi connectivity index (χ4n) is 0.996. The Hall–Kier alpha value is -1.32. The molecule has 0 amide bonds. The predicted octanol–water partition coefficient (Wildman–Crippen LogP) is 0.423. The van der Waals surface area contributed by atoms with Crippen LogP contribution in [0.15, 0.2) is 11.3 Å². The molecule has 0 radical (unpaired) electrons. The summed E-state index contributed by atoms with van der Waals surface area (Å²) in [5.74, 6) is -0.458. The summed E-state index contributed by atoms with van der Waals surface area (Å²) >= 11 is 0. The molecule has 1 rings (SSSR count). The van der Waals surface area contributed by atoms with Crippen LogP contribution in [-0.4, -0.2) is 25.5 Å². The van der Waals surface area contributed by atoms with Gasteiger partial charge in [0.05, 0.1) is 7.11 Å². The first-order valence-electron chi connectivity index (χ1n) is 3.68. The van der Waals surface area contributed by atoms with Crippen molar-refractivity contribution in [3.8, 4) is 0 Å². The van der Waals surface area contributed by atoms with Crippen molar-refractivity contribution in [1.29, 1.82) is 0 Å². The Morgan fingerprint density at radius 1 is 1.67 bits per heavy atom. The van der Waals surface area contributed by atoms with Gasteiger partial charge in [0, 0.05) is 6.42 Å². The van der Waals surface area contributed by atoms with Crippen LogP contribution in [-0.2, 0) is 19.1 Å². The fraction of sp³-hybridized carbons (Fsp3) is 0.500. The molecule has 66 valence electrons. The molecule has 4 heteroatoms. The fourth-order valence-corrected chi connectivity index (χ4v) is 0.996. The summed E-state index contributed by atoms with van der Waals surface area (Å²) in [6, 6.07) is 0. The van der Waals surface area contributed by atoms with Gasteiger partial charge in [0.25, 0.3) is 0 Å². The van der Waals surface area contributed by atoms with E-state index in [9.17, 15) is 9.59 Å². The number of methoxy groups -OCH3 is 1. The third-order valence-electron chi connectivity index (χ3n) is 1.66. The lowest BCUT2D eigenvalue weighted by molar-refractivity contribution is -0.137. The minimum Gasteiger partial charge on any atom is -0.496 e. The number of rotatable bonds is 3. The Labute approximate surface area is 70.1 Å². The van der Waals surface area contributed by atoms with Crippen LogP contribution in [0, 0.1) is 0 Å². The Morgan fingerprint density at radius 3 is 2.83 bits per heavy atom. The minimum absolute atomic E-state index is 0.0694. The molecule has 0 aliphatic carbocycles. The van der Waals surface area contributed by atoms with Gasteiger partial charge in [-0.15, -0.1) is 0 Å². The zero-order valence-corrected chi connectivity index (χ0v) is 7.05. The average molecular weight is 170 g/mol. The number of hydrogen-bond donors (Lipinski definition) is 0. The van der Waals surface area contributed by atoms with Crippen molar-refractivity contribution in [3.63, 3.8) is 0 Å². The Morgan fingerprint density at radius 2 is 2.33 bits per heavy atom. The Kier molecular flexibility index (Phi) is 2.47. The highest BCUT2D eigenvalue weighted by atomic mass is 16.6. The Bertz CT molecular complexity index is 252. The molecule has 12 heavy (non-hydrogen) atoms. The van der Waals surface area contributed by atoms with Gasteiger partial charge in [0.15, 0.2) is 11.5 Å². The zero-order valence-electron chi connectivity index (χ0n) is 7.05. The standard InChI is InChI=1S/C8H10O4/c1-3-5(9)7-6(11-2)4-12-8(7)10/h3-4H2,1-2H3. The van der Waals surface area contributed by atoms with Crippen LogP contribution in [0.5, 0.6) is 0 Å². The van der Waals surface area contributed by atoms with Crippen molar-refractivity contribution < 1.29 is 19.1 Å². The molecule has 0 spiro atoms. The van der Waals surface area contributed by atoms with Gasteiger partial charge < -0.3 is 9.47 Å². The van der Waals surface area contributed by atoms with Crippen molar-refractivity contribution in [2.24, 2.45) is 0 Å². The number of carbonyl (C=O) groups excluding carboxylic acids is 2. The van der Waals surface area contributed by atoms with Crippen LogP contribution >= 0.6 is 0 Å². The van der Waals surface area contributed by atoms with E-state index in [0.29, 0.717) is 5.76 Å². The van der Waals surface area contributed by atoms with E-state index in [2.05, 4.69) is 4.74 Å². The molecular weight excluding hydrogens is 160 g/mol. The summed E-state index contributed by atoms with van der Waals surface area (Å²) in [5, 5.41) is 0. The van der Waals surface area contributed by atoms with Gasteiger partial charge in [0.1, 0.15) is 12.2 Å². The second-order valence-electron chi connectivity index (χ2n) is 2.36. The third kappa shape index (κ3) is 1.32. The van der Waals surface area contributed by atoms with Gasteiger partial charge in [-0.2, -0.15) is 0 Å². The summed E-state index contributed by atoms with van der Waals surface area (Å²) in [5.41, 5.74) is 0.0694. The van der Waals surface area contributed by atoms with Crippen LogP contribution in [0.1, 0.15) is 13.3 Å².